The number of carbonyl (C=O) groups is 1. The number of ether oxygens (including phenoxy) is 2. The number of hydrogen-bond acceptors (Lipinski definition) is 4. The predicted octanol–water partition coefficient (Wildman–Crippen LogP) is 2.00. The lowest BCUT2D eigenvalue weighted by Crippen LogP contribution is -2.47. The Hall–Kier alpha value is -1.96. The molecule has 0 aliphatic carbocycles. The van der Waals surface area contributed by atoms with Crippen molar-refractivity contribution in [3.05, 3.63) is 23.8 Å². The van der Waals surface area contributed by atoms with E-state index in [0.717, 1.165) is 18.4 Å². The number of carbonyl (C=O) groups excluding carboxylic acids is 1. The van der Waals surface area contributed by atoms with E-state index in [2.05, 4.69) is 10.6 Å². The molecule has 2 N–H and O–H groups in total. The van der Waals surface area contributed by atoms with Crippen molar-refractivity contribution < 1.29 is 27.4 Å². The van der Waals surface area contributed by atoms with Crippen molar-refractivity contribution >= 4 is 5.91 Å². The van der Waals surface area contributed by atoms with Gasteiger partial charge >= 0.3 is 6.18 Å². The largest absolute Gasteiger partial charge is 0.493 e. The van der Waals surface area contributed by atoms with Gasteiger partial charge in [-0.05, 0) is 30.5 Å². The van der Waals surface area contributed by atoms with Crippen LogP contribution < -0.4 is 20.1 Å². The summed E-state index contributed by atoms with van der Waals surface area (Å²) in [5.41, 5.74) is 0.791. The van der Waals surface area contributed by atoms with Crippen LogP contribution in [-0.2, 0) is 11.3 Å². The molecule has 5 nitrogen and oxygen atoms in total. The van der Waals surface area contributed by atoms with Gasteiger partial charge in [0.1, 0.15) is 0 Å². The molecule has 0 aromatic heterocycles. The van der Waals surface area contributed by atoms with E-state index in [1.807, 2.05) is 0 Å². The molecule has 1 aromatic carbocycles. The van der Waals surface area contributed by atoms with E-state index in [9.17, 15) is 18.0 Å². The van der Waals surface area contributed by atoms with Gasteiger partial charge in [0.25, 0.3) is 0 Å². The van der Waals surface area contributed by atoms with E-state index < -0.39 is 12.8 Å². The quantitative estimate of drug-likeness (QED) is 0.837. The van der Waals surface area contributed by atoms with Crippen molar-refractivity contribution in [3.63, 3.8) is 0 Å². The van der Waals surface area contributed by atoms with Gasteiger partial charge in [0.15, 0.2) is 18.1 Å². The standard InChI is InChI=1S/C15H19F3N2O3/c1-22-13-7-10(4-5-12(13)23-9-15(16,17)18)8-20-11-3-2-6-19-14(11)21/h4-5,7,11,20H,2-3,6,8-9H2,1H3,(H,19,21)/t11-/m1/s1. The van der Waals surface area contributed by atoms with Crippen LogP contribution in [0.1, 0.15) is 18.4 Å². The highest BCUT2D eigenvalue weighted by Gasteiger charge is 2.29. The highest BCUT2D eigenvalue weighted by molar-refractivity contribution is 5.82. The predicted molar refractivity (Wildman–Crippen MR) is 77.4 cm³/mol. The lowest BCUT2D eigenvalue weighted by atomic mass is 10.1. The highest BCUT2D eigenvalue weighted by atomic mass is 19.4. The summed E-state index contributed by atoms with van der Waals surface area (Å²) in [6.45, 7) is -0.271. The number of methoxy groups -OCH3 is 1. The summed E-state index contributed by atoms with van der Waals surface area (Å²) in [7, 11) is 1.36. The Morgan fingerprint density at radius 1 is 1.35 bits per heavy atom. The zero-order valence-corrected chi connectivity index (χ0v) is 12.7. The lowest BCUT2D eigenvalue weighted by molar-refractivity contribution is -0.153. The van der Waals surface area contributed by atoms with Crippen LogP contribution in [-0.4, -0.2) is 38.4 Å². The van der Waals surface area contributed by atoms with Gasteiger partial charge in [0.05, 0.1) is 13.2 Å². The summed E-state index contributed by atoms with van der Waals surface area (Å²) in [6, 6.07) is 4.42. The molecule has 128 valence electrons. The maximum Gasteiger partial charge on any atom is 0.422 e. The van der Waals surface area contributed by atoms with Gasteiger partial charge < -0.3 is 20.1 Å². The Balaban J connectivity index is 1.96. The fourth-order valence-corrected chi connectivity index (χ4v) is 2.31. The first-order valence-corrected chi connectivity index (χ1v) is 7.26. The van der Waals surface area contributed by atoms with Gasteiger partial charge in [-0.1, -0.05) is 6.07 Å². The van der Waals surface area contributed by atoms with Gasteiger partial charge in [0.2, 0.25) is 5.91 Å². The van der Waals surface area contributed by atoms with Crippen molar-refractivity contribution in [3.8, 4) is 11.5 Å². The van der Waals surface area contributed by atoms with Crippen molar-refractivity contribution in [1.82, 2.24) is 10.6 Å². The normalized spacial score (nSPS) is 18.4. The van der Waals surface area contributed by atoms with Gasteiger partial charge in [-0.25, -0.2) is 0 Å². The molecule has 1 heterocycles. The summed E-state index contributed by atoms with van der Waals surface area (Å²) in [5, 5.41) is 5.90. The lowest BCUT2D eigenvalue weighted by Gasteiger charge is -2.23. The van der Waals surface area contributed by atoms with Crippen LogP contribution >= 0.6 is 0 Å². The zero-order valence-electron chi connectivity index (χ0n) is 12.7. The molecule has 1 saturated heterocycles. The molecule has 1 aliphatic rings. The van der Waals surface area contributed by atoms with E-state index in [0.29, 0.717) is 13.1 Å². The number of piperidine rings is 1. The summed E-state index contributed by atoms with van der Waals surface area (Å²) in [4.78, 5) is 11.6. The van der Waals surface area contributed by atoms with Crippen LogP contribution in [0.2, 0.25) is 0 Å². The Bertz CT molecular complexity index is 549. The van der Waals surface area contributed by atoms with Crippen LogP contribution in [0.4, 0.5) is 13.2 Å². The Labute approximate surface area is 132 Å². The SMILES string of the molecule is COc1cc(CN[C@@H]2CCCNC2=O)ccc1OCC(F)(F)F. The van der Waals surface area contributed by atoms with Crippen molar-refractivity contribution in [2.24, 2.45) is 0 Å². The monoisotopic (exact) mass is 332 g/mol. The van der Waals surface area contributed by atoms with Crippen LogP contribution in [0.25, 0.3) is 0 Å². The number of nitrogens with one attached hydrogen (secondary N) is 2. The second-order valence-corrected chi connectivity index (χ2v) is 5.26. The molecule has 1 fully saturated rings. The van der Waals surface area contributed by atoms with Gasteiger partial charge in [0, 0.05) is 13.1 Å². The highest BCUT2D eigenvalue weighted by Crippen LogP contribution is 2.29. The number of halogens is 3. The molecular formula is C15H19F3N2O3. The van der Waals surface area contributed by atoms with Crippen molar-refractivity contribution in [2.75, 3.05) is 20.3 Å². The van der Waals surface area contributed by atoms with Gasteiger partial charge in [-0.15, -0.1) is 0 Å². The Morgan fingerprint density at radius 2 is 2.13 bits per heavy atom. The van der Waals surface area contributed by atoms with Crippen LogP contribution in [0.5, 0.6) is 11.5 Å². The number of amides is 1. The van der Waals surface area contributed by atoms with E-state index in [1.54, 1.807) is 12.1 Å². The topological polar surface area (TPSA) is 59.6 Å². The minimum atomic E-state index is -4.40. The van der Waals surface area contributed by atoms with E-state index in [-0.39, 0.29) is 23.4 Å². The third-order valence-corrected chi connectivity index (χ3v) is 3.46. The first-order chi connectivity index (χ1) is 10.9. The maximum atomic E-state index is 12.2. The molecule has 1 atom stereocenters. The third-order valence-electron chi connectivity index (χ3n) is 3.46. The second kappa shape index (κ2) is 7.54. The molecule has 0 bridgehead atoms. The van der Waals surface area contributed by atoms with Crippen LogP contribution in [0, 0.1) is 0 Å². The summed E-state index contributed by atoms with van der Waals surface area (Å²) in [5.74, 6) is 0.221. The number of rotatable bonds is 6. The zero-order chi connectivity index (χ0) is 16.9. The second-order valence-electron chi connectivity index (χ2n) is 5.26. The summed E-state index contributed by atoms with van der Waals surface area (Å²) < 4.78 is 46.4. The molecule has 0 unspecified atom stereocenters. The summed E-state index contributed by atoms with van der Waals surface area (Å²) >= 11 is 0. The molecule has 1 aliphatic heterocycles. The number of alkyl halides is 3. The maximum absolute atomic E-state index is 12.2. The number of hydrogen-bond donors (Lipinski definition) is 2. The molecule has 1 aromatic rings. The van der Waals surface area contributed by atoms with E-state index in [1.165, 1.54) is 13.2 Å². The number of benzene rings is 1. The fraction of sp³-hybridized carbons (Fsp3) is 0.533. The molecule has 23 heavy (non-hydrogen) atoms. The molecule has 1 amide bonds. The smallest absolute Gasteiger partial charge is 0.422 e. The first-order valence-electron chi connectivity index (χ1n) is 7.26. The molecule has 2 rings (SSSR count). The van der Waals surface area contributed by atoms with Crippen molar-refractivity contribution in [1.29, 1.82) is 0 Å². The Morgan fingerprint density at radius 3 is 2.78 bits per heavy atom. The third kappa shape index (κ3) is 5.31. The molecule has 0 radical (unpaired) electrons. The van der Waals surface area contributed by atoms with Crippen LogP contribution in [0.3, 0.4) is 0 Å². The Kier molecular flexibility index (Phi) is 5.70. The molecular weight excluding hydrogens is 313 g/mol. The minimum Gasteiger partial charge on any atom is -0.493 e. The fourth-order valence-electron chi connectivity index (χ4n) is 2.31. The van der Waals surface area contributed by atoms with Gasteiger partial charge in [-0.3, -0.25) is 4.79 Å². The van der Waals surface area contributed by atoms with Crippen LogP contribution in [0.15, 0.2) is 18.2 Å². The van der Waals surface area contributed by atoms with E-state index >= 15 is 0 Å². The molecule has 0 spiro atoms. The minimum absolute atomic E-state index is 0.0315. The first kappa shape index (κ1) is 17.4. The average Bonchev–Trinajstić information content (AvgIpc) is 2.51. The van der Waals surface area contributed by atoms with Gasteiger partial charge in [-0.2, -0.15) is 13.2 Å². The van der Waals surface area contributed by atoms with E-state index in [4.69, 9.17) is 9.47 Å². The molecule has 0 saturated carbocycles. The summed E-state index contributed by atoms with van der Waals surface area (Å²) in [6.07, 6.45) is -2.73. The molecule has 8 heteroatoms. The van der Waals surface area contributed by atoms with Crippen molar-refractivity contribution in [2.45, 2.75) is 31.6 Å². The average molecular weight is 332 g/mol.